The Kier molecular flexibility index (Phi) is 5.07. The molecule has 0 saturated heterocycles. The average Bonchev–Trinajstić information content (AvgIpc) is 2.22. The number of rotatable bonds is 5. The Morgan fingerprint density at radius 1 is 1.17 bits per heavy atom. The van der Waals surface area contributed by atoms with Crippen LogP contribution in [0.3, 0.4) is 0 Å². The minimum atomic E-state index is -4.31. The van der Waals surface area contributed by atoms with Gasteiger partial charge >= 0.3 is 6.18 Å². The van der Waals surface area contributed by atoms with Crippen molar-refractivity contribution in [3.63, 3.8) is 0 Å². The van der Waals surface area contributed by atoms with Crippen LogP contribution >= 0.6 is 12.0 Å². The van der Waals surface area contributed by atoms with Crippen molar-refractivity contribution in [1.29, 1.82) is 0 Å². The predicted molar refractivity (Wildman–Crippen MR) is 64.2 cm³/mol. The monoisotopic (exact) mass is 280 g/mol. The van der Waals surface area contributed by atoms with Crippen LogP contribution in [0.25, 0.3) is 0 Å². The number of hydrogen-bond donors (Lipinski definition) is 1. The maximum absolute atomic E-state index is 12.3. The Morgan fingerprint density at radius 2 is 1.72 bits per heavy atom. The molecule has 0 atom stereocenters. The van der Waals surface area contributed by atoms with Gasteiger partial charge < -0.3 is 9.29 Å². The van der Waals surface area contributed by atoms with E-state index in [-0.39, 0.29) is 0 Å². The van der Waals surface area contributed by atoms with Crippen molar-refractivity contribution in [2.24, 2.45) is 0 Å². The highest BCUT2D eigenvalue weighted by molar-refractivity contribution is 7.94. The van der Waals surface area contributed by atoms with E-state index in [1.165, 1.54) is 12.1 Å². The van der Waals surface area contributed by atoms with Crippen molar-refractivity contribution in [3.05, 3.63) is 29.8 Å². The summed E-state index contributed by atoms with van der Waals surface area (Å²) in [6, 6.07) is 4.75. The van der Waals surface area contributed by atoms with Crippen LogP contribution in [0.15, 0.2) is 29.2 Å². The molecule has 0 fully saturated rings. The molecular weight excluding hydrogens is 265 g/mol. The van der Waals surface area contributed by atoms with E-state index in [0.29, 0.717) is 17.9 Å². The molecule has 0 amide bonds. The lowest BCUT2D eigenvalue weighted by Gasteiger charge is -2.16. The summed E-state index contributed by atoms with van der Waals surface area (Å²) in [5, 5.41) is 9.43. The summed E-state index contributed by atoms with van der Waals surface area (Å²) in [7, 11) is 0. The number of hydrogen-bond acceptors (Lipinski definition) is 3. The maximum atomic E-state index is 12.3. The number of aliphatic hydroxyl groups is 1. The van der Waals surface area contributed by atoms with Gasteiger partial charge in [-0.1, -0.05) is 0 Å². The maximum Gasteiger partial charge on any atom is 0.416 e. The van der Waals surface area contributed by atoms with E-state index in [9.17, 15) is 18.3 Å². The molecule has 0 radical (unpaired) electrons. The molecule has 2 nitrogen and oxygen atoms in total. The predicted octanol–water partition coefficient (Wildman–Crippen LogP) is 3.89. The van der Waals surface area contributed by atoms with E-state index in [1.807, 2.05) is 0 Å². The molecule has 1 aromatic carbocycles. The van der Waals surface area contributed by atoms with Crippen LogP contribution < -0.4 is 0 Å². The summed E-state index contributed by atoms with van der Waals surface area (Å²) in [5.74, 6) is 0. The Morgan fingerprint density at radius 3 is 2.17 bits per heavy atom. The van der Waals surface area contributed by atoms with Crippen LogP contribution in [0.5, 0.6) is 0 Å². The standard InChI is InChI=1S/C12H15F3O2S/c1-11(2,16)7-8-17-18-10-5-3-9(4-6-10)12(13,14)15/h3-6,16H,7-8H2,1-2H3. The lowest BCUT2D eigenvalue weighted by Crippen LogP contribution is -2.20. The quantitative estimate of drug-likeness (QED) is 0.655. The van der Waals surface area contributed by atoms with Gasteiger partial charge in [0.2, 0.25) is 0 Å². The molecule has 0 heterocycles. The third-order valence-corrected chi connectivity index (χ3v) is 2.88. The molecule has 0 aliphatic rings. The molecule has 1 N–H and O–H groups in total. The van der Waals surface area contributed by atoms with Gasteiger partial charge in [0.15, 0.2) is 0 Å². The molecule has 0 saturated carbocycles. The van der Waals surface area contributed by atoms with E-state index in [4.69, 9.17) is 4.18 Å². The average molecular weight is 280 g/mol. The summed E-state index contributed by atoms with van der Waals surface area (Å²) in [4.78, 5) is 0.596. The zero-order valence-corrected chi connectivity index (χ0v) is 10.9. The van der Waals surface area contributed by atoms with Crippen molar-refractivity contribution in [2.75, 3.05) is 6.61 Å². The Bertz CT molecular complexity index is 368. The molecule has 0 unspecified atom stereocenters. The third-order valence-electron chi connectivity index (χ3n) is 2.13. The summed E-state index contributed by atoms with van der Waals surface area (Å²) in [6.45, 7) is 3.66. The smallest absolute Gasteiger partial charge is 0.390 e. The summed E-state index contributed by atoms with van der Waals surface area (Å²) < 4.78 is 42.1. The first-order valence-corrected chi connectivity index (χ1v) is 6.12. The van der Waals surface area contributed by atoms with Crippen LogP contribution in [-0.4, -0.2) is 17.3 Å². The highest BCUT2D eigenvalue weighted by atomic mass is 32.2. The van der Waals surface area contributed by atoms with Crippen molar-refractivity contribution < 1.29 is 22.5 Å². The third kappa shape index (κ3) is 5.75. The fourth-order valence-corrected chi connectivity index (χ4v) is 1.65. The van der Waals surface area contributed by atoms with E-state index in [0.717, 1.165) is 24.2 Å². The van der Waals surface area contributed by atoms with Gasteiger partial charge in [-0.25, -0.2) is 0 Å². The lowest BCUT2D eigenvalue weighted by atomic mass is 10.1. The minimum Gasteiger partial charge on any atom is -0.390 e. The van der Waals surface area contributed by atoms with Crippen molar-refractivity contribution >= 4 is 12.0 Å². The Hall–Kier alpha value is -0.720. The highest BCUT2D eigenvalue weighted by Gasteiger charge is 2.29. The molecular formula is C12H15F3O2S. The van der Waals surface area contributed by atoms with Crippen LogP contribution in [0.1, 0.15) is 25.8 Å². The molecule has 0 spiro atoms. The fraction of sp³-hybridized carbons (Fsp3) is 0.500. The molecule has 18 heavy (non-hydrogen) atoms. The van der Waals surface area contributed by atoms with Crippen LogP contribution in [0, 0.1) is 0 Å². The second-order valence-corrected chi connectivity index (χ2v) is 5.36. The largest absolute Gasteiger partial charge is 0.416 e. The minimum absolute atomic E-state index is 0.329. The van der Waals surface area contributed by atoms with Crippen molar-refractivity contribution in [1.82, 2.24) is 0 Å². The van der Waals surface area contributed by atoms with Crippen molar-refractivity contribution in [2.45, 2.75) is 36.9 Å². The van der Waals surface area contributed by atoms with Gasteiger partial charge in [0.1, 0.15) is 0 Å². The van der Waals surface area contributed by atoms with Gasteiger partial charge in [0.25, 0.3) is 0 Å². The second kappa shape index (κ2) is 5.95. The van der Waals surface area contributed by atoms with E-state index in [2.05, 4.69) is 0 Å². The zero-order chi connectivity index (χ0) is 13.8. The van der Waals surface area contributed by atoms with Gasteiger partial charge in [0, 0.05) is 23.4 Å². The van der Waals surface area contributed by atoms with Crippen LogP contribution in [0.4, 0.5) is 13.2 Å². The second-order valence-electron chi connectivity index (χ2n) is 4.49. The summed E-state index contributed by atoms with van der Waals surface area (Å²) in [6.07, 6.45) is -3.86. The van der Waals surface area contributed by atoms with Crippen LogP contribution in [0.2, 0.25) is 0 Å². The zero-order valence-electron chi connectivity index (χ0n) is 10.1. The summed E-state index contributed by atoms with van der Waals surface area (Å²) in [5.41, 5.74) is -1.48. The number of alkyl halides is 3. The first kappa shape index (κ1) is 15.3. The molecule has 6 heteroatoms. The van der Waals surface area contributed by atoms with Gasteiger partial charge in [0.05, 0.1) is 17.8 Å². The first-order valence-electron chi connectivity index (χ1n) is 5.37. The van der Waals surface area contributed by atoms with Crippen molar-refractivity contribution in [3.8, 4) is 0 Å². The van der Waals surface area contributed by atoms with Gasteiger partial charge in [-0.3, -0.25) is 0 Å². The Balaban J connectivity index is 2.41. The topological polar surface area (TPSA) is 29.5 Å². The van der Waals surface area contributed by atoms with E-state index >= 15 is 0 Å². The fourth-order valence-electron chi connectivity index (χ4n) is 1.10. The summed E-state index contributed by atoms with van der Waals surface area (Å²) >= 11 is 1.00. The molecule has 102 valence electrons. The number of benzene rings is 1. The van der Waals surface area contributed by atoms with E-state index in [1.54, 1.807) is 13.8 Å². The Labute approximate surface area is 108 Å². The lowest BCUT2D eigenvalue weighted by molar-refractivity contribution is -0.137. The first-order chi connectivity index (χ1) is 8.18. The number of halogens is 3. The van der Waals surface area contributed by atoms with Crippen LogP contribution in [-0.2, 0) is 10.4 Å². The molecule has 0 aliphatic carbocycles. The molecule has 0 bridgehead atoms. The molecule has 0 aliphatic heterocycles. The van der Waals surface area contributed by atoms with E-state index < -0.39 is 17.3 Å². The molecule has 1 rings (SSSR count). The van der Waals surface area contributed by atoms with Gasteiger partial charge in [-0.05, 0) is 38.1 Å². The SMILES string of the molecule is CC(C)(O)CCOSc1ccc(C(F)(F)F)cc1. The molecule has 1 aromatic rings. The molecule has 0 aromatic heterocycles. The van der Waals surface area contributed by atoms with Gasteiger partial charge in [-0.2, -0.15) is 13.2 Å². The van der Waals surface area contributed by atoms with Gasteiger partial charge in [-0.15, -0.1) is 0 Å². The normalized spacial score (nSPS) is 12.8. The highest BCUT2D eigenvalue weighted by Crippen LogP contribution is 2.31.